The van der Waals surface area contributed by atoms with Crippen LogP contribution in [0, 0.1) is 13.8 Å². The monoisotopic (exact) mass is 449 g/mol. The number of halogens is 2. The predicted molar refractivity (Wildman–Crippen MR) is 125 cm³/mol. The molecule has 30 heavy (non-hydrogen) atoms. The van der Waals surface area contributed by atoms with E-state index in [0.29, 0.717) is 24.4 Å². The Balaban J connectivity index is 0.00000256. The third-order valence-electron chi connectivity index (χ3n) is 6.31. The van der Waals surface area contributed by atoms with Crippen LogP contribution < -0.4 is 5.69 Å². The number of fused-ring (bicyclic) bond motifs is 1. The third-order valence-corrected chi connectivity index (χ3v) is 6.56. The number of benzene rings is 2. The fourth-order valence-electron chi connectivity index (χ4n) is 4.29. The summed E-state index contributed by atoms with van der Waals surface area (Å²) in [6, 6.07) is 11.7. The zero-order valence-electron chi connectivity index (χ0n) is 17.4. The molecule has 1 saturated heterocycles. The van der Waals surface area contributed by atoms with E-state index in [0.717, 1.165) is 42.7 Å². The number of piperidine rings is 1. The first-order valence-corrected chi connectivity index (χ1v) is 10.6. The van der Waals surface area contributed by atoms with Gasteiger partial charge in [0, 0.05) is 24.7 Å². The molecule has 2 N–H and O–H groups in total. The Morgan fingerprint density at radius 3 is 2.37 bits per heavy atom. The second kappa shape index (κ2) is 9.15. The molecule has 2 heterocycles. The van der Waals surface area contributed by atoms with E-state index in [1.165, 1.54) is 11.1 Å². The Hall–Kier alpha value is -1.79. The number of aromatic amines is 1. The number of H-pyrrole nitrogens is 1. The molecule has 0 saturated carbocycles. The molecule has 0 aliphatic carbocycles. The molecule has 0 unspecified atom stereocenters. The summed E-state index contributed by atoms with van der Waals surface area (Å²) in [4.78, 5) is 17.7. The lowest BCUT2D eigenvalue weighted by molar-refractivity contribution is -0.0261. The number of imidazole rings is 1. The maximum Gasteiger partial charge on any atom is 0.326 e. The molecule has 7 heteroatoms. The van der Waals surface area contributed by atoms with Crippen molar-refractivity contribution in [3.05, 3.63) is 68.6 Å². The predicted octanol–water partition coefficient (Wildman–Crippen LogP) is 4.40. The molecule has 0 radical (unpaired) electrons. The molecule has 1 aliphatic heterocycles. The molecular weight excluding hydrogens is 421 g/mol. The minimum Gasteiger partial charge on any atom is -0.385 e. The number of aromatic nitrogens is 2. The standard InChI is InChI=1S/C23H28ClN3O2.ClH/c1-16-14-20-21(15-17(16)2)27(22(28)25-20)11-3-10-26-12-8-23(29,9-13-26)18-4-6-19(24)7-5-18;/h4-7,14-15,29H,3,8-13H2,1-2H3,(H,25,28);1H. The lowest BCUT2D eigenvalue weighted by Gasteiger charge is -2.38. The molecule has 1 fully saturated rings. The van der Waals surface area contributed by atoms with E-state index in [1.807, 2.05) is 34.9 Å². The van der Waals surface area contributed by atoms with Crippen LogP contribution in [0.4, 0.5) is 0 Å². The Bertz CT molecular complexity index is 1060. The van der Waals surface area contributed by atoms with Crippen molar-refractivity contribution in [3.63, 3.8) is 0 Å². The van der Waals surface area contributed by atoms with Crippen molar-refractivity contribution in [2.75, 3.05) is 19.6 Å². The SMILES string of the molecule is Cc1cc2[nH]c(=O)n(CCCN3CCC(O)(c4ccc(Cl)cc4)CC3)c2cc1C.Cl. The summed E-state index contributed by atoms with van der Waals surface area (Å²) in [7, 11) is 0. The van der Waals surface area contributed by atoms with Gasteiger partial charge >= 0.3 is 5.69 Å². The second-order valence-corrected chi connectivity index (χ2v) is 8.71. The maximum atomic E-state index is 12.4. The van der Waals surface area contributed by atoms with Crippen molar-refractivity contribution in [1.82, 2.24) is 14.5 Å². The van der Waals surface area contributed by atoms with E-state index in [2.05, 4.69) is 29.8 Å². The quantitative estimate of drug-likeness (QED) is 0.606. The molecule has 0 amide bonds. The topological polar surface area (TPSA) is 61.3 Å². The van der Waals surface area contributed by atoms with Crippen molar-refractivity contribution in [3.8, 4) is 0 Å². The number of aryl methyl sites for hydroxylation is 3. The Kier molecular flexibility index (Phi) is 6.98. The number of rotatable bonds is 5. The largest absolute Gasteiger partial charge is 0.385 e. The van der Waals surface area contributed by atoms with Crippen LogP contribution >= 0.6 is 24.0 Å². The first-order chi connectivity index (χ1) is 13.9. The van der Waals surface area contributed by atoms with Crippen LogP contribution in [0.15, 0.2) is 41.2 Å². The van der Waals surface area contributed by atoms with Gasteiger partial charge in [-0.3, -0.25) is 4.57 Å². The molecule has 162 valence electrons. The highest BCUT2D eigenvalue weighted by atomic mass is 35.5. The summed E-state index contributed by atoms with van der Waals surface area (Å²) in [5, 5.41) is 11.7. The van der Waals surface area contributed by atoms with Crippen LogP contribution in [0.1, 0.15) is 36.0 Å². The Labute approximate surface area is 188 Å². The summed E-state index contributed by atoms with van der Waals surface area (Å²) in [5.74, 6) is 0. The van der Waals surface area contributed by atoms with Crippen molar-refractivity contribution >= 4 is 35.0 Å². The van der Waals surface area contributed by atoms with Gasteiger partial charge in [0.2, 0.25) is 0 Å². The molecule has 0 atom stereocenters. The van der Waals surface area contributed by atoms with Gasteiger partial charge in [-0.25, -0.2) is 4.79 Å². The van der Waals surface area contributed by atoms with E-state index in [-0.39, 0.29) is 18.1 Å². The van der Waals surface area contributed by atoms with Gasteiger partial charge in [0.05, 0.1) is 16.6 Å². The van der Waals surface area contributed by atoms with Crippen molar-refractivity contribution in [2.45, 2.75) is 45.3 Å². The van der Waals surface area contributed by atoms with Crippen LogP contribution in [0.3, 0.4) is 0 Å². The van der Waals surface area contributed by atoms with E-state index < -0.39 is 5.60 Å². The Morgan fingerprint density at radius 2 is 1.70 bits per heavy atom. The van der Waals surface area contributed by atoms with Gasteiger partial charge in [-0.1, -0.05) is 23.7 Å². The fourth-order valence-corrected chi connectivity index (χ4v) is 4.41. The van der Waals surface area contributed by atoms with Crippen LogP contribution in [0.2, 0.25) is 5.02 Å². The van der Waals surface area contributed by atoms with Gasteiger partial charge in [0.15, 0.2) is 0 Å². The van der Waals surface area contributed by atoms with Crippen LogP contribution in [-0.4, -0.2) is 39.2 Å². The molecule has 0 spiro atoms. The van der Waals surface area contributed by atoms with Crippen LogP contribution in [-0.2, 0) is 12.1 Å². The van der Waals surface area contributed by atoms with Gasteiger partial charge in [-0.15, -0.1) is 12.4 Å². The highest BCUT2D eigenvalue weighted by molar-refractivity contribution is 6.30. The number of hydrogen-bond donors (Lipinski definition) is 2. The molecule has 4 rings (SSSR count). The lowest BCUT2D eigenvalue weighted by Crippen LogP contribution is -2.43. The zero-order valence-corrected chi connectivity index (χ0v) is 19.0. The number of aliphatic hydroxyl groups is 1. The number of nitrogens with zero attached hydrogens (tertiary/aromatic N) is 2. The minimum atomic E-state index is -0.774. The summed E-state index contributed by atoms with van der Waals surface area (Å²) in [5.41, 5.74) is 4.40. The first kappa shape index (κ1) is 22.9. The smallest absolute Gasteiger partial charge is 0.326 e. The fraction of sp³-hybridized carbons (Fsp3) is 0.435. The van der Waals surface area contributed by atoms with Gasteiger partial charge < -0.3 is 15.0 Å². The molecule has 3 aromatic rings. The van der Waals surface area contributed by atoms with E-state index in [1.54, 1.807) is 0 Å². The highest BCUT2D eigenvalue weighted by Gasteiger charge is 2.33. The van der Waals surface area contributed by atoms with Crippen LogP contribution in [0.5, 0.6) is 0 Å². The summed E-state index contributed by atoms with van der Waals surface area (Å²) in [6.07, 6.45) is 2.32. The van der Waals surface area contributed by atoms with E-state index >= 15 is 0 Å². The first-order valence-electron chi connectivity index (χ1n) is 10.3. The number of hydrogen-bond acceptors (Lipinski definition) is 3. The second-order valence-electron chi connectivity index (χ2n) is 8.27. The van der Waals surface area contributed by atoms with Crippen molar-refractivity contribution in [2.24, 2.45) is 0 Å². The normalized spacial score (nSPS) is 16.5. The van der Waals surface area contributed by atoms with Crippen LogP contribution in [0.25, 0.3) is 11.0 Å². The molecular formula is C23H29Cl2N3O2. The number of nitrogens with one attached hydrogen (secondary N) is 1. The zero-order chi connectivity index (χ0) is 20.6. The summed E-state index contributed by atoms with van der Waals surface area (Å²) < 4.78 is 1.84. The maximum absolute atomic E-state index is 12.4. The third kappa shape index (κ3) is 4.59. The van der Waals surface area contributed by atoms with Gasteiger partial charge in [0.1, 0.15) is 0 Å². The van der Waals surface area contributed by atoms with Crippen molar-refractivity contribution in [1.29, 1.82) is 0 Å². The van der Waals surface area contributed by atoms with Gasteiger partial charge in [-0.2, -0.15) is 0 Å². The average Bonchev–Trinajstić information content (AvgIpc) is 2.99. The average molecular weight is 450 g/mol. The molecule has 1 aromatic heterocycles. The molecule has 2 aromatic carbocycles. The molecule has 0 bridgehead atoms. The summed E-state index contributed by atoms with van der Waals surface area (Å²) in [6.45, 7) is 7.44. The molecule has 5 nitrogen and oxygen atoms in total. The van der Waals surface area contributed by atoms with E-state index in [4.69, 9.17) is 11.6 Å². The van der Waals surface area contributed by atoms with E-state index in [9.17, 15) is 9.90 Å². The molecule has 1 aliphatic rings. The highest BCUT2D eigenvalue weighted by Crippen LogP contribution is 2.33. The number of likely N-dealkylation sites (tertiary alicyclic amines) is 1. The van der Waals surface area contributed by atoms with Crippen molar-refractivity contribution < 1.29 is 5.11 Å². The van der Waals surface area contributed by atoms with Gasteiger partial charge in [-0.05, 0) is 80.6 Å². The lowest BCUT2D eigenvalue weighted by atomic mass is 9.84. The Morgan fingerprint density at radius 1 is 1.07 bits per heavy atom. The minimum absolute atomic E-state index is 0. The van der Waals surface area contributed by atoms with Gasteiger partial charge in [0.25, 0.3) is 0 Å². The summed E-state index contributed by atoms with van der Waals surface area (Å²) >= 11 is 5.97.